The fourth-order valence-electron chi connectivity index (χ4n) is 1.16. The van der Waals surface area contributed by atoms with Gasteiger partial charge in [0, 0.05) is 5.03 Å². The molecule has 1 rings (SSSR count). The molecule has 2 atom stereocenters. The lowest BCUT2D eigenvalue weighted by atomic mass is 9.90. The van der Waals surface area contributed by atoms with Crippen LogP contribution in [0.5, 0.6) is 0 Å². The van der Waals surface area contributed by atoms with E-state index in [1.54, 1.807) is 0 Å². The minimum absolute atomic E-state index is 0.0298. The minimum Gasteiger partial charge on any atom is -0.198 e. The highest BCUT2D eigenvalue weighted by Crippen LogP contribution is 2.29. The Morgan fingerprint density at radius 1 is 1.70 bits per heavy atom. The molecule has 2 heteroatoms. The molecule has 1 aliphatic carbocycles. The summed E-state index contributed by atoms with van der Waals surface area (Å²) in [5, 5.41) is 9.31. The third-order valence-electron chi connectivity index (χ3n) is 1.84. The lowest BCUT2D eigenvalue weighted by Crippen LogP contribution is -2.07. The number of nitriles is 1. The van der Waals surface area contributed by atoms with Crippen molar-refractivity contribution in [1.82, 2.24) is 0 Å². The molecule has 0 heterocycles. The molecule has 1 aliphatic rings. The van der Waals surface area contributed by atoms with Gasteiger partial charge in [0.2, 0.25) is 0 Å². The molecule has 2 unspecified atom stereocenters. The number of nitrogens with zero attached hydrogens (tertiary/aromatic N) is 1. The van der Waals surface area contributed by atoms with Gasteiger partial charge in [-0.05, 0) is 18.8 Å². The smallest absolute Gasteiger partial charge is 0.0816 e. The zero-order valence-electron chi connectivity index (χ0n) is 5.97. The van der Waals surface area contributed by atoms with E-state index in [-0.39, 0.29) is 5.92 Å². The van der Waals surface area contributed by atoms with E-state index < -0.39 is 0 Å². The maximum Gasteiger partial charge on any atom is 0.0816 e. The summed E-state index contributed by atoms with van der Waals surface area (Å²) in [6, 6.07) is 2.17. The zero-order chi connectivity index (χ0) is 7.56. The van der Waals surface area contributed by atoms with Gasteiger partial charge >= 0.3 is 0 Å². The lowest BCUT2D eigenvalue weighted by molar-refractivity contribution is 0.528. The molecule has 0 saturated carbocycles. The average Bonchev–Trinajstić information content (AvgIpc) is 1.88. The highest BCUT2D eigenvalue weighted by atomic mass is 35.5. The molecule has 0 saturated heterocycles. The van der Waals surface area contributed by atoms with Crippen molar-refractivity contribution in [2.45, 2.75) is 19.8 Å². The second kappa shape index (κ2) is 3.07. The van der Waals surface area contributed by atoms with Crippen molar-refractivity contribution in [2.24, 2.45) is 11.8 Å². The van der Waals surface area contributed by atoms with Crippen LogP contribution >= 0.6 is 11.6 Å². The van der Waals surface area contributed by atoms with Gasteiger partial charge in [-0.1, -0.05) is 24.6 Å². The predicted octanol–water partition coefficient (Wildman–Crippen LogP) is 2.68. The van der Waals surface area contributed by atoms with E-state index in [0.29, 0.717) is 5.92 Å². The van der Waals surface area contributed by atoms with Crippen LogP contribution in [-0.2, 0) is 0 Å². The maximum absolute atomic E-state index is 8.57. The Kier molecular flexibility index (Phi) is 2.34. The number of allylic oxidation sites excluding steroid dienone is 2. The molecule has 0 aromatic carbocycles. The van der Waals surface area contributed by atoms with Crippen molar-refractivity contribution in [3.05, 3.63) is 11.1 Å². The monoisotopic (exact) mass is 155 g/mol. The maximum atomic E-state index is 8.57. The van der Waals surface area contributed by atoms with Gasteiger partial charge < -0.3 is 0 Å². The summed E-state index contributed by atoms with van der Waals surface area (Å²) in [7, 11) is 0. The Balaban J connectivity index is 2.69. The molecule has 0 radical (unpaired) electrons. The fraction of sp³-hybridized carbons (Fsp3) is 0.625. The van der Waals surface area contributed by atoms with Crippen molar-refractivity contribution in [3.63, 3.8) is 0 Å². The molecule has 0 aromatic rings. The Hall–Kier alpha value is -0.480. The minimum atomic E-state index is -0.0298. The van der Waals surface area contributed by atoms with Crippen LogP contribution in [0.2, 0.25) is 0 Å². The summed E-state index contributed by atoms with van der Waals surface area (Å²) < 4.78 is 0. The van der Waals surface area contributed by atoms with Crippen molar-refractivity contribution in [3.8, 4) is 6.07 Å². The summed E-state index contributed by atoms with van der Waals surface area (Å²) in [5.41, 5.74) is 0. The van der Waals surface area contributed by atoms with Crippen LogP contribution in [-0.4, -0.2) is 0 Å². The molecule has 0 bridgehead atoms. The van der Waals surface area contributed by atoms with Gasteiger partial charge in [-0.3, -0.25) is 0 Å². The van der Waals surface area contributed by atoms with Crippen LogP contribution in [0.15, 0.2) is 11.1 Å². The summed E-state index contributed by atoms with van der Waals surface area (Å²) >= 11 is 5.82. The Bertz CT molecular complexity index is 190. The normalized spacial score (nSPS) is 32.7. The second-order valence-corrected chi connectivity index (χ2v) is 3.22. The van der Waals surface area contributed by atoms with Gasteiger partial charge in [0.05, 0.1) is 12.0 Å². The first-order chi connectivity index (χ1) is 4.74. The molecule has 0 aromatic heterocycles. The molecule has 1 nitrogen and oxygen atoms in total. The molecule has 0 amide bonds. The molecular weight excluding hydrogens is 146 g/mol. The van der Waals surface area contributed by atoms with Crippen LogP contribution in [0.1, 0.15) is 19.8 Å². The van der Waals surface area contributed by atoms with Crippen LogP contribution < -0.4 is 0 Å². The molecule has 0 spiro atoms. The standard InChI is InChI=1S/C8H10ClN/c1-6-2-3-7(5-10)8(9)4-6/h4,6-7H,2-3H2,1H3. The van der Waals surface area contributed by atoms with Gasteiger partial charge in [0.15, 0.2) is 0 Å². The topological polar surface area (TPSA) is 23.8 Å². The van der Waals surface area contributed by atoms with Crippen LogP contribution in [0, 0.1) is 23.2 Å². The largest absolute Gasteiger partial charge is 0.198 e. The highest BCUT2D eigenvalue weighted by molar-refractivity contribution is 6.30. The van der Waals surface area contributed by atoms with E-state index in [2.05, 4.69) is 13.0 Å². The molecule has 0 N–H and O–H groups in total. The van der Waals surface area contributed by atoms with E-state index >= 15 is 0 Å². The quantitative estimate of drug-likeness (QED) is 0.528. The predicted molar refractivity (Wildman–Crippen MR) is 41.4 cm³/mol. The molecule has 54 valence electrons. The first kappa shape index (κ1) is 7.63. The van der Waals surface area contributed by atoms with Crippen LogP contribution in [0.3, 0.4) is 0 Å². The van der Waals surface area contributed by atoms with E-state index in [0.717, 1.165) is 17.9 Å². The summed E-state index contributed by atoms with van der Waals surface area (Å²) in [5.74, 6) is 0.523. The van der Waals surface area contributed by atoms with E-state index in [9.17, 15) is 0 Å². The summed E-state index contributed by atoms with van der Waals surface area (Å²) in [6.07, 6.45) is 4.00. The zero-order valence-corrected chi connectivity index (χ0v) is 6.73. The van der Waals surface area contributed by atoms with Crippen LogP contribution in [0.25, 0.3) is 0 Å². The average molecular weight is 156 g/mol. The molecule has 0 aliphatic heterocycles. The fourth-order valence-corrected chi connectivity index (χ4v) is 1.54. The summed E-state index contributed by atoms with van der Waals surface area (Å²) in [6.45, 7) is 2.12. The highest BCUT2D eigenvalue weighted by Gasteiger charge is 2.18. The van der Waals surface area contributed by atoms with Crippen molar-refractivity contribution < 1.29 is 0 Å². The Morgan fingerprint density at radius 3 is 2.90 bits per heavy atom. The molecule has 10 heavy (non-hydrogen) atoms. The van der Waals surface area contributed by atoms with Crippen molar-refractivity contribution in [1.29, 1.82) is 5.26 Å². The lowest BCUT2D eigenvalue weighted by Gasteiger charge is -2.17. The van der Waals surface area contributed by atoms with Gasteiger partial charge in [0.25, 0.3) is 0 Å². The second-order valence-electron chi connectivity index (χ2n) is 2.79. The van der Waals surface area contributed by atoms with Gasteiger partial charge in [-0.15, -0.1) is 0 Å². The molecule has 0 fully saturated rings. The first-order valence-corrected chi connectivity index (χ1v) is 3.88. The Labute approximate surface area is 66.3 Å². The van der Waals surface area contributed by atoms with E-state index in [1.165, 1.54) is 0 Å². The van der Waals surface area contributed by atoms with Crippen molar-refractivity contribution in [2.75, 3.05) is 0 Å². The number of rotatable bonds is 0. The van der Waals surface area contributed by atoms with Crippen molar-refractivity contribution >= 4 is 11.6 Å². The van der Waals surface area contributed by atoms with Crippen LogP contribution in [0.4, 0.5) is 0 Å². The van der Waals surface area contributed by atoms with Gasteiger partial charge in [-0.2, -0.15) is 5.26 Å². The van der Waals surface area contributed by atoms with E-state index in [4.69, 9.17) is 16.9 Å². The molecular formula is C8H10ClN. The van der Waals surface area contributed by atoms with Gasteiger partial charge in [0.1, 0.15) is 0 Å². The third kappa shape index (κ3) is 1.52. The van der Waals surface area contributed by atoms with Gasteiger partial charge in [-0.25, -0.2) is 0 Å². The van der Waals surface area contributed by atoms with E-state index in [1.807, 2.05) is 6.08 Å². The Morgan fingerprint density at radius 2 is 2.40 bits per heavy atom. The number of hydrogen-bond acceptors (Lipinski definition) is 1. The first-order valence-electron chi connectivity index (χ1n) is 3.51. The summed E-state index contributed by atoms with van der Waals surface area (Å²) in [4.78, 5) is 0. The third-order valence-corrected chi connectivity index (χ3v) is 2.23. The number of hydrogen-bond donors (Lipinski definition) is 0. The number of halogens is 1. The SMILES string of the molecule is CC1C=C(Cl)C(C#N)CC1.